The van der Waals surface area contributed by atoms with Crippen LogP contribution in [0.5, 0.6) is 17.4 Å². The number of aromatic nitrogens is 6. The van der Waals surface area contributed by atoms with E-state index < -0.39 is 21.7 Å². The highest BCUT2D eigenvalue weighted by Gasteiger charge is 2.29. The number of ether oxygens (including phenoxy) is 3. The third-order valence-corrected chi connectivity index (χ3v) is 6.03. The van der Waals surface area contributed by atoms with Gasteiger partial charge in [-0.25, -0.2) is 18.1 Å². The topological polar surface area (TPSA) is 160 Å². The van der Waals surface area contributed by atoms with Gasteiger partial charge in [-0.3, -0.25) is 19.3 Å². The number of carbonyl (C=O) groups excluding carboxylic acids is 1. The van der Waals surface area contributed by atoms with E-state index in [1.165, 1.54) is 44.5 Å². The van der Waals surface area contributed by atoms with Gasteiger partial charge in [-0.2, -0.15) is 0 Å². The number of pyridine rings is 1. The van der Waals surface area contributed by atoms with Crippen molar-refractivity contribution >= 4 is 15.9 Å². The maximum atomic E-state index is 13.2. The molecule has 4 aromatic rings. The summed E-state index contributed by atoms with van der Waals surface area (Å²) in [6, 6.07) is 9.95. The largest absolute Gasteiger partial charge is 0.494 e. The minimum atomic E-state index is -4.16. The minimum absolute atomic E-state index is 0.119. The van der Waals surface area contributed by atoms with E-state index in [1.807, 2.05) is 4.72 Å². The van der Waals surface area contributed by atoms with Crippen LogP contribution in [0.3, 0.4) is 0 Å². The number of benzene rings is 1. The number of hydrogen-bond donors (Lipinski definition) is 1. The van der Waals surface area contributed by atoms with Crippen LogP contribution in [-0.4, -0.2) is 65.4 Å². The second kappa shape index (κ2) is 10.4. The molecule has 3 heterocycles. The molecule has 0 fully saturated rings. The number of nitrogens with one attached hydrogen (secondary N) is 1. The summed E-state index contributed by atoms with van der Waals surface area (Å²) in [5, 5.41) is 8.11. The average Bonchev–Trinajstić information content (AvgIpc) is 3.33. The van der Waals surface area contributed by atoms with Crippen LogP contribution in [0.1, 0.15) is 16.3 Å². The Morgan fingerprint density at radius 2 is 1.69 bits per heavy atom. The van der Waals surface area contributed by atoms with Gasteiger partial charge in [-0.1, -0.05) is 12.1 Å². The van der Waals surface area contributed by atoms with Crippen molar-refractivity contribution in [2.24, 2.45) is 0 Å². The summed E-state index contributed by atoms with van der Waals surface area (Å²) in [4.78, 5) is 25.4. The normalized spacial score (nSPS) is 11.1. The monoisotopic (exact) mass is 511 g/mol. The molecule has 1 amide bonds. The highest BCUT2D eigenvalue weighted by molar-refractivity contribution is 7.89. The summed E-state index contributed by atoms with van der Waals surface area (Å²) in [5.41, 5.74) is 0.729. The number of amides is 1. The van der Waals surface area contributed by atoms with Gasteiger partial charge < -0.3 is 14.2 Å². The summed E-state index contributed by atoms with van der Waals surface area (Å²) in [7, 11) is 0.183. The van der Waals surface area contributed by atoms with E-state index in [0.29, 0.717) is 23.1 Å². The molecule has 0 saturated heterocycles. The van der Waals surface area contributed by atoms with Crippen LogP contribution in [0.15, 0.2) is 55.0 Å². The fraction of sp³-hybridized carbons (Fsp3) is 0.182. The summed E-state index contributed by atoms with van der Waals surface area (Å²) in [5.74, 6) is -0.902. The Bertz CT molecular complexity index is 1470. The number of methoxy groups -OCH3 is 3. The Labute approximate surface area is 206 Å². The van der Waals surface area contributed by atoms with E-state index in [9.17, 15) is 13.2 Å². The predicted octanol–water partition coefficient (Wildman–Crippen LogP) is 1.40. The summed E-state index contributed by atoms with van der Waals surface area (Å²) >= 11 is 0. The van der Waals surface area contributed by atoms with Crippen molar-refractivity contribution in [2.45, 2.75) is 5.75 Å². The minimum Gasteiger partial charge on any atom is -0.494 e. The van der Waals surface area contributed by atoms with Gasteiger partial charge in [0.2, 0.25) is 21.7 Å². The summed E-state index contributed by atoms with van der Waals surface area (Å²) in [6.07, 6.45) is 4.05. The predicted molar refractivity (Wildman–Crippen MR) is 126 cm³/mol. The van der Waals surface area contributed by atoms with Gasteiger partial charge in [0, 0.05) is 24.7 Å². The maximum absolute atomic E-state index is 13.2. The molecule has 0 aliphatic heterocycles. The van der Waals surface area contributed by atoms with Gasteiger partial charge in [-0.15, -0.1) is 10.2 Å². The van der Waals surface area contributed by atoms with Gasteiger partial charge in [0.1, 0.15) is 28.6 Å². The molecule has 36 heavy (non-hydrogen) atoms. The number of rotatable bonds is 9. The molecule has 14 heteroatoms. The molecule has 3 aromatic heterocycles. The fourth-order valence-electron chi connectivity index (χ4n) is 3.34. The Kier molecular flexibility index (Phi) is 7.05. The number of hydrogen-bond acceptors (Lipinski definition) is 11. The third kappa shape index (κ3) is 5.07. The van der Waals surface area contributed by atoms with Crippen molar-refractivity contribution in [1.29, 1.82) is 0 Å². The van der Waals surface area contributed by atoms with E-state index in [2.05, 4.69) is 25.1 Å². The van der Waals surface area contributed by atoms with E-state index in [1.54, 1.807) is 36.4 Å². The van der Waals surface area contributed by atoms with Gasteiger partial charge in [-0.05, 0) is 18.2 Å². The lowest BCUT2D eigenvalue weighted by molar-refractivity contribution is 0.0969. The van der Waals surface area contributed by atoms with Crippen molar-refractivity contribution in [3.05, 3.63) is 66.5 Å². The number of para-hydroxylation sites is 1. The van der Waals surface area contributed by atoms with Crippen LogP contribution in [0.2, 0.25) is 0 Å². The second-order valence-electron chi connectivity index (χ2n) is 7.15. The lowest BCUT2D eigenvalue weighted by atomic mass is 10.2. The van der Waals surface area contributed by atoms with E-state index >= 15 is 0 Å². The standard InChI is InChI=1S/C22H21N7O6S/c1-33-16-7-5-8-17(34-2)19(16)29-20(15-6-4-9-18(25-15)35-3)26-27-21(29)22(30)28-36(31,32)13-14-12-23-10-11-24-14/h4-12H,13H2,1-3H3,(H,28,30). The van der Waals surface area contributed by atoms with Crippen LogP contribution >= 0.6 is 0 Å². The lowest BCUT2D eigenvalue weighted by Gasteiger charge is -2.17. The van der Waals surface area contributed by atoms with Crippen LogP contribution in [0.4, 0.5) is 0 Å². The Morgan fingerprint density at radius 3 is 2.33 bits per heavy atom. The molecule has 0 aliphatic rings. The molecule has 1 N–H and O–H groups in total. The summed E-state index contributed by atoms with van der Waals surface area (Å²) < 4.78 is 44.9. The Morgan fingerprint density at radius 1 is 0.972 bits per heavy atom. The zero-order valence-corrected chi connectivity index (χ0v) is 20.3. The first-order valence-corrected chi connectivity index (χ1v) is 12.0. The maximum Gasteiger partial charge on any atom is 0.303 e. The highest BCUT2D eigenvalue weighted by Crippen LogP contribution is 2.36. The molecule has 0 saturated carbocycles. The van der Waals surface area contributed by atoms with Crippen LogP contribution in [0, 0.1) is 0 Å². The number of carbonyl (C=O) groups is 1. The molecular weight excluding hydrogens is 490 g/mol. The molecule has 0 radical (unpaired) electrons. The fourth-order valence-corrected chi connectivity index (χ4v) is 4.32. The van der Waals surface area contributed by atoms with E-state index in [0.717, 1.165) is 0 Å². The second-order valence-corrected chi connectivity index (χ2v) is 8.87. The molecular formula is C22H21N7O6S. The molecule has 0 spiro atoms. The lowest BCUT2D eigenvalue weighted by Crippen LogP contribution is -2.33. The molecule has 186 valence electrons. The molecule has 0 atom stereocenters. The zero-order chi connectivity index (χ0) is 25.7. The third-order valence-electron chi connectivity index (χ3n) is 4.86. The van der Waals surface area contributed by atoms with Crippen molar-refractivity contribution < 1.29 is 27.4 Å². The number of nitrogens with zero attached hydrogens (tertiary/aromatic N) is 6. The van der Waals surface area contributed by atoms with Crippen molar-refractivity contribution in [3.8, 4) is 34.6 Å². The van der Waals surface area contributed by atoms with E-state index in [4.69, 9.17) is 14.2 Å². The SMILES string of the molecule is COc1cccc(-c2nnc(C(=O)NS(=O)(=O)Cc3cnccn3)n2-c2c(OC)cccc2OC)n1. The van der Waals surface area contributed by atoms with Crippen molar-refractivity contribution in [3.63, 3.8) is 0 Å². The van der Waals surface area contributed by atoms with Crippen molar-refractivity contribution in [2.75, 3.05) is 21.3 Å². The molecule has 4 rings (SSSR count). The first kappa shape index (κ1) is 24.5. The Balaban J connectivity index is 1.84. The van der Waals surface area contributed by atoms with Crippen LogP contribution < -0.4 is 18.9 Å². The van der Waals surface area contributed by atoms with Gasteiger partial charge in [0.05, 0.1) is 27.0 Å². The van der Waals surface area contributed by atoms with Crippen molar-refractivity contribution in [1.82, 2.24) is 34.4 Å². The quantitative estimate of drug-likeness (QED) is 0.346. The van der Waals surface area contributed by atoms with Gasteiger partial charge >= 0.3 is 5.91 Å². The first-order chi connectivity index (χ1) is 17.4. The first-order valence-electron chi connectivity index (χ1n) is 10.3. The van der Waals surface area contributed by atoms with Gasteiger partial charge in [0.15, 0.2) is 5.82 Å². The molecule has 0 aliphatic carbocycles. The van der Waals surface area contributed by atoms with Gasteiger partial charge in [0.25, 0.3) is 0 Å². The molecule has 0 unspecified atom stereocenters. The van der Waals surface area contributed by atoms with Crippen LogP contribution in [0.25, 0.3) is 17.2 Å². The molecule has 1 aromatic carbocycles. The smallest absolute Gasteiger partial charge is 0.303 e. The summed E-state index contributed by atoms with van der Waals surface area (Å²) in [6.45, 7) is 0. The molecule has 0 bridgehead atoms. The van der Waals surface area contributed by atoms with Crippen LogP contribution in [-0.2, 0) is 15.8 Å². The Hall–Kier alpha value is -4.59. The average molecular weight is 512 g/mol. The highest BCUT2D eigenvalue weighted by atomic mass is 32.2. The van der Waals surface area contributed by atoms with E-state index in [-0.39, 0.29) is 23.0 Å². The zero-order valence-electron chi connectivity index (χ0n) is 19.4. The molecule has 13 nitrogen and oxygen atoms in total. The number of sulfonamides is 1.